The van der Waals surface area contributed by atoms with Crippen molar-refractivity contribution in [2.45, 2.75) is 19.9 Å². The minimum atomic E-state index is 0.633. The van der Waals surface area contributed by atoms with Crippen molar-refractivity contribution in [1.82, 2.24) is 10.2 Å². The molecule has 1 unspecified atom stereocenters. The lowest BCUT2D eigenvalue weighted by atomic mass is 10.1. The van der Waals surface area contributed by atoms with E-state index >= 15 is 0 Å². The van der Waals surface area contributed by atoms with Crippen LogP contribution >= 0.6 is 23.2 Å². The van der Waals surface area contributed by atoms with E-state index in [1.165, 1.54) is 19.5 Å². The topological polar surface area (TPSA) is 15.3 Å². The number of nitrogens with one attached hydrogen (secondary N) is 1. The Morgan fingerprint density at radius 3 is 2.94 bits per heavy atom. The second-order valence-electron chi connectivity index (χ2n) is 4.89. The van der Waals surface area contributed by atoms with Crippen LogP contribution in [0.25, 0.3) is 0 Å². The van der Waals surface area contributed by atoms with Crippen molar-refractivity contribution in [2.75, 3.05) is 26.2 Å². The number of hydrogen-bond donors (Lipinski definition) is 1. The first-order chi connectivity index (χ1) is 8.70. The molecular weight excluding hydrogens is 267 g/mol. The highest BCUT2D eigenvalue weighted by molar-refractivity contribution is 6.42. The monoisotopic (exact) mass is 286 g/mol. The fraction of sp³-hybridized carbons (Fsp3) is 0.571. The molecule has 0 aromatic heterocycles. The number of halogens is 2. The molecule has 1 aromatic rings. The lowest BCUT2D eigenvalue weighted by molar-refractivity contribution is 0.339. The summed E-state index contributed by atoms with van der Waals surface area (Å²) in [7, 11) is 0. The zero-order chi connectivity index (χ0) is 13.0. The molecule has 1 fully saturated rings. The summed E-state index contributed by atoms with van der Waals surface area (Å²) < 4.78 is 0. The van der Waals surface area contributed by atoms with Crippen molar-refractivity contribution in [3.8, 4) is 0 Å². The summed E-state index contributed by atoms with van der Waals surface area (Å²) in [5.41, 5.74) is 1.08. The highest BCUT2D eigenvalue weighted by Gasteiger charge is 2.20. The van der Waals surface area contributed by atoms with Crippen molar-refractivity contribution in [2.24, 2.45) is 5.92 Å². The average molecular weight is 287 g/mol. The van der Waals surface area contributed by atoms with Gasteiger partial charge in [0, 0.05) is 13.1 Å². The molecular formula is C14H20Cl2N2. The summed E-state index contributed by atoms with van der Waals surface area (Å²) in [4.78, 5) is 2.50. The molecule has 2 nitrogen and oxygen atoms in total. The van der Waals surface area contributed by atoms with Crippen LogP contribution in [0.2, 0.25) is 10.0 Å². The largest absolute Gasteiger partial charge is 0.312 e. The maximum Gasteiger partial charge on any atom is 0.0637 e. The minimum absolute atomic E-state index is 0.633. The second kappa shape index (κ2) is 6.76. The van der Waals surface area contributed by atoms with Crippen LogP contribution in [0.3, 0.4) is 0 Å². The molecule has 1 N–H and O–H groups in total. The predicted octanol–water partition coefficient (Wildman–Crippen LogP) is 3.42. The quantitative estimate of drug-likeness (QED) is 0.892. The lowest BCUT2D eigenvalue weighted by Crippen LogP contribution is -2.26. The normalized spacial score (nSPS) is 20.5. The number of likely N-dealkylation sites (tertiary alicyclic amines) is 1. The Morgan fingerprint density at radius 2 is 2.22 bits per heavy atom. The van der Waals surface area contributed by atoms with E-state index in [-0.39, 0.29) is 0 Å². The summed E-state index contributed by atoms with van der Waals surface area (Å²) in [6.45, 7) is 7.69. The van der Waals surface area contributed by atoms with Gasteiger partial charge in [-0.05, 0) is 43.6 Å². The Hall–Kier alpha value is -0.280. The Kier molecular flexibility index (Phi) is 5.31. The van der Waals surface area contributed by atoms with E-state index in [0.717, 1.165) is 31.1 Å². The van der Waals surface area contributed by atoms with Gasteiger partial charge < -0.3 is 10.2 Å². The van der Waals surface area contributed by atoms with Gasteiger partial charge in [0.25, 0.3) is 0 Å². The number of nitrogens with zero attached hydrogens (tertiary/aromatic N) is 1. The summed E-state index contributed by atoms with van der Waals surface area (Å²) in [5, 5.41) is 4.79. The maximum atomic E-state index is 6.15. The van der Waals surface area contributed by atoms with E-state index in [9.17, 15) is 0 Å². The lowest BCUT2D eigenvalue weighted by Gasteiger charge is -2.14. The third-order valence-electron chi connectivity index (χ3n) is 3.60. The Labute approximate surface area is 119 Å². The van der Waals surface area contributed by atoms with Crippen molar-refractivity contribution in [3.63, 3.8) is 0 Å². The van der Waals surface area contributed by atoms with Gasteiger partial charge >= 0.3 is 0 Å². The van der Waals surface area contributed by atoms with Gasteiger partial charge in [0.1, 0.15) is 0 Å². The van der Waals surface area contributed by atoms with Gasteiger partial charge in [-0.15, -0.1) is 0 Å². The molecule has 0 spiro atoms. The molecule has 1 saturated heterocycles. The van der Waals surface area contributed by atoms with Gasteiger partial charge in [-0.3, -0.25) is 0 Å². The number of hydrogen-bond acceptors (Lipinski definition) is 2. The van der Waals surface area contributed by atoms with Crippen LogP contribution in [-0.2, 0) is 6.54 Å². The molecule has 18 heavy (non-hydrogen) atoms. The average Bonchev–Trinajstić information content (AvgIpc) is 2.82. The smallest absolute Gasteiger partial charge is 0.0637 e. The highest BCUT2D eigenvalue weighted by Crippen LogP contribution is 2.25. The predicted molar refractivity (Wildman–Crippen MR) is 78.4 cm³/mol. The van der Waals surface area contributed by atoms with Crippen molar-refractivity contribution in [1.29, 1.82) is 0 Å². The van der Waals surface area contributed by atoms with Gasteiger partial charge in [-0.25, -0.2) is 0 Å². The number of benzene rings is 1. The van der Waals surface area contributed by atoms with Gasteiger partial charge in [0.05, 0.1) is 10.0 Å². The molecule has 0 amide bonds. The Bertz CT molecular complexity index is 395. The van der Waals surface area contributed by atoms with Crippen LogP contribution < -0.4 is 5.32 Å². The van der Waals surface area contributed by atoms with E-state index in [2.05, 4.69) is 17.1 Å². The van der Waals surface area contributed by atoms with Crippen LogP contribution in [0.15, 0.2) is 18.2 Å². The molecule has 1 aliphatic heterocycles. The molecule has 0 radical (unpaired) electrons. The molecule has 4 heteroatoms. The maximum absolute atomic E-state index is 6.15. The fourth-order valence-corrected chi connectivity index (χ4v) is 2.85. The summed E-state index contributed by atoms with van der Waals surface area (Å²) in [6, 6.07) is 5.79. The zero-order valence-corrected chi connectivity index (χ0v) is 12.3. The SMILES string of the molecule is CCN1CCC(CNCc2cccc(Cl)c2Cl)C1. The van der Waals surface area contributed by atoms with Gasteiger partial charge in [0.2, 0.25) is 0 Å². The van der Waals surface area contributed by atoms with Crippen molar-refractivity contribution in [3.05, 3.63) is 33.8 Å². The molecule has 1 aromatic carbocycles. The van der Waals surface area contributed by atoms with Crippen LogP contribution in [0, 0.1) is 5.92 Å². The zero-order valence-electron chi connectivity index (χ0n) is 10.8. The Morgan fingerprint density at radius 1 is 1.39 bits per heavy atom. The van der Waals surface area contributed by atoms with Gasteiger partial charge in [-0.1, -0.05) is 42.3 Å². The fourth-order valence-electron chi connectivity index (χ4n) is 2.46. The molecule has 0 saturated carbocycles. The van der Waals surface area contributed by atoms with Gasteiger partial charge in [-0.2, -0.15) is 0 Å². The first-order valence-corrected chi connectivity index (χ1v) is 7.32. The minimum Gasteiger partial charge on any atom is -0.312 e. The van der Waals surface area contributed by atoms with Crippen LogP contribution in [0.5, 0.6) is 0 Å². The molecule has 0 aliphatic carbocycles. The molecule has 0 bridgehead atoms. The standard InChI is InChI=1S/C14H20Cl2N2/c1-2-18-7-6-11(10-18)8-17-9-12-4-3-5-13(15)14(12)16/h3-5,11,17H,2,6-10H2,1H3. The molecule has 100 valence electrons. The van der Waals surface area contributed by atoms with Gasteiger partial charge in [0.15, 0.2) is 0 Å². The molecule has 1 aliphatic rings. The third kappa shape index (κ3) is 3.61. The molecule has 2 rings (SSSR count). The summed E-state index contributed by atoms with van der Waals surface area (Å²) in [6.07, 6.45) is 1.30. The summed E-state index contributed by atoms with van der Waals surface area (Å²) in [5.74, 6) is 0.767. The molecule has 1 heterocycles. The van der Waals surface area contributed by atoms with Crippen molar-refractivity contribution >= 4 is 23.2 Å². The van der Waals surface area contributed by atoms with Crippen molar-refractivity contribution < 1.29 is 0 Å². The van der Waals surface area contributed by atoms with E-state index < -0.39 is 0 Å². The highest BCUT2D eigenvalue weighted by atomic mass is 35.5. The summed E-state index contributed by atoms with van der Waals surface area (Å²) >= 11 is 12.1. The van der Waals surface area contributed by atoms with E-state index in [1.54, 1.807) is 0 Å². The van der Waals surface area contributed by atoms with E-state index in [1.807, 2.05) is 18.2 Å². The number of rotatable bonds is 5. The first kappa shape index (κ1) is 14.1. The third-order valence-corrected chi connectivity index (χ3v) is 4.46. The Balaban J connectivity index is 1.77. The van der Waals surface area contributed by atoms with E-state index in [4.69, 9.17) is 23.2 Å². The first-order valence-electron chi connectivity index (χ1n) is 6.56. The van der Waals surface area contributed by atoms with Crippen LogP contribution in [-0.4, -0.2) is 31.1 Å². The van der Waals surface area contributed by atoms with Crippen LogP contribution in [0.4, 0.5) is 0 Å². The van der Waals surface area contributed by atoms with E-state index in [0.29, 0.717) is 10.0 Å². The molecule has 1 atom stereocenters. The second-order valence-corrected chi connectivity index (χ2v) is 5.68. The van der Waals surface area contributed by atoms with Crippen LogP contribution in [0.1, 0.15) is 18.9 Å².